The number of nitrogens with zero attached hydrogens (tertiary/aromatic N) is 1. The normalized spacial score (nSPS) is 29.6. The van der Waals surface area contributed by atoms with Gasteiger partial charge >= 0.3 is 0 Å². The highest BCUT2D eigenvalue weighted by molar-refractivity contribution is 6.31. The van der Waals surface area contributed by atoms with Crippen LogP contribution in [0.25, 0.3) is 0 Å². The van der Waals surface area contributed by atoms with Crippen LogP contribution in [0.5, 0.6) is 5.75 Å². The van der Waals surface area contributed by atoms with Crippen molar-refractivity contribution in [2.24, 2.45) is 0 Å². The summed E-state index contributed by atoms with van der Waals surface area (Å²) in [5.74, 6) is 1.01. The van der Waals surface area contributed by atoms with Crippen molar-refractivity contribution < 1.29 is 4.74 Å². The predicted octanol–water partition coefficient (Wildman–Crippen LogP) is 2.77. The van der Waals surface area contributed by atoms with E-state index in [1.54, 1.807) is 0 Å². The van der Waals surface area contributed by atoms with Gasteiger partial charge in [0.2, 0.25) is 0 Å². The molecule has 1 spiro atoms. The van der Waals surface area contributed by atoms with Gasteiger partial charge in [0.15, 0.2) is 0 Å². The number of benzene rings is 1. The Labute approximate surface area is 119 Å². The van der Waals surface area contributed by atoms with Crippen LogP contribution in [0.2, 0.25) is 5.02 Å². The van der Waals surface area contributed by atoms with Crippen LogP contribution in [0.15, 0.2) is 12.1 Å². The van der Waals surface area contributed by atoms with Crippen LogP contribution in [0, 0.1) is 6.92 Å². The Bertz CT molecular complexity index is 495. The summed E-state index contributed by atoms with van der Waals surface area (Å²) in [6.07, 6.45) is 2.11. The molecule has 19 heavy (non-hydrogen) atoms. The van der Waals surface area contributed by atoms with Crippen LogP contribution in [0.3, 0.4) is 0 Å². The zero-order valence-corrected chi connectivity index (χ0v) is 12.5. The Morgan fingerprint density at radius 2 is 2.21 bits per heavy atom. The molecule has 0 radical (unpaired) electrons. The predicted molar refractivity (Wildman–Crippen MR) is 78.1 cm³/mol. The molecule has 2 atom stereocenters. The van der Waals surface area contributed by atoms with Gasteiger partial charge < -0.3 is 15.0 Å². The van der Waals surface area contributed by atoms with Crippen molar-refractivity contribution in [2.75, 3.05) is 27.2 Å². The molecule has 2 heterocycles. The van der Waals surface area contributed by atoms with Gasteiger partial charge in [0.25, 0.3) is 0 Å². The number of halogens is 1. The maximum absolute atomic E-state index is 6.35. The third-order valence-electron chi connectivity index (χ3n) is 4.37. The lowest BCUT2D eigenvalue weighted by Crippen LogP contribution is -2.45. The van der Waals surface area contributed by atoms with E-state index in [9.17, 15) is 0 Å². The summed E-state index contributed by atoms with van der Waals surface area (Å²) in [5, 5.41) is 4.26. The lowest BCUT2D eigenvalue weighted by Gasteiger charge is -2.42. The Morgan fingerprint density at radius 1 is 1.42 bits per heavy atom. The Morgan fingerprint density at radius 3 is 2.84 bits per heavy atom. The van der Waals surface area contributed by atoms with Gasteiger partial charge in [0, 0.05) is 36.0 Å². The summed E-state index contributed by atoms with van der Waals surface area (Å²) in [7, 11) is 4.26. The molecule has 2 unspecified atom stereocenters. The molecule has 1 N–H and O–H groups in total. The van der Waals surface area contributed by atoms with E-state index in [1.165, 1.54) is 5.56 Å². The highest BCUT2D eigenvalue weighted by atomic mass is 35.5. The van der Waals surface area contributed by atoms with Crippen LogP contribution in [0.1, 0.15) is 30.0 Å². The Balaban J connectivity index is 2.06. The average molecular weight is 281 g/mol. The third kappa shape index (κ3) is 2.24. The number of fused-ring (bicyclic) bond motifs is 1. The molecule has 1 aromatic carbocycles. The minimum Gasteiger partial charge on any atom is -0.485 e. The van der Waals surface area contributed by atoms with E-state index in [1.807, 2.05) is 6.92 Å². The molecule has 0 amide bonds. The van der Waals surface area contributed by atoms with Crippen LogP contribution < -0.4 is 10.1 Å². The monoisotopic (exact) mass is 280 g/mol. The molecule has 1 fully saturated rings. The van der Waals surface area contributed by atoms with Gasteiger partial charge in [0.1, 0.15) is 11.4 Å². The van der Waals surface area contributed by atoms with E-state index >= 15 is 0 Å². The topological polar surface area (TPSA) is 24.5 Å². The summed E-state index contributed by atoms with van der Waals surface area (Å²) < 4.78 is 6.35. The molecule has 1 saturated heterocycles. The van der Waals surface area contributed by atoms with Crippen LogP contribution in [-0.4, -0.2) is 37.7 Å². The van der Waals surface area contributed by atoms with Gasteiger partial charge in [-0.2, -0.15) is 0 Å². The average Bonchev–Trinajstić information content (AvgIpc) is 2.79. The molecule has 104 valence electrons. The maximum Gasteiger partial charge on any atom is 0.125 e. The summed E-state index contributed by atoms with van der Waals surface area (Å²) in [6, 6.07) is 4.54. The van der Waals surface area contributed by atoms with Gasteiger partial charge in [0.05, 0.1) is 0 Å². The number of ether oxygens (including phenoxy) is 1. The first-order valence-electron chi connectivity index (χ1n) is 6.87. The molecule has 0 bridgehead atoms. The van der Waals surface area contributed by atoms with Gasteiger partial charge in [-0.25, -0.2) is 0 Å². The second-order valence-electron chi connectivity index (χ2n) is 6.03. The van der Waals surface area contributed by atoms with Crippen molar-refractivity contribution in [1.29, 1.82) is 0 Å². The first-order chi connectivity index (χ1) is 9.01. The first-order valence-corrected chi connectivity index (χ1v) is 7.25. The fourth-order valence-electron chi connectivity index (χ4n) is 3.20. The molecule has 0 saturated carbocycles. The van der Waals surface area contributed by atoms with Gasteiger partial charge in [-0.05, 0) is 45.3 Å². The Hall–Kier alpha value is -0.770. The van der Waals surface area contributed by atoms with E-state index < -0.39 is 0 Å². The van der Waals surface area contributed by atoms with Crippen molar-refractivity contribution in [1.82, 2.24) is 10.2 Å². The molecule has 2 aliphatic heterocycles. The van der Waals surface area contributed by atoms with Crippen molar-refractivity contribution >= 4 is 11.6 Å². The summed E-state index contributed by atoms with van der Waals surface area (Å²) in [6.45, 7) is 4.02. The fraction of sp³-hybridized carbons (Fsp3) is 0.600. The van der Waals surface area contributed by atoms with Crippen molar-refractivity contribution in [2.45, 2.75) is 31.4 Å². The van der Waals surface area contributed by atoms with E-state index in [0.29, 0.717) is 6.04 Å². The molecule has 2 aliphatic rings. The minimum atomic E-state index is -0.0395. The van der Waals surface area contributed by atoms with Gasteiger partial charge in [-0.15, -0.1) is 0 Å². The van der Waals surface area contributed by atoms with Crippen molar-refractivity contribution in [3.8, 4) is 5.75 Å². The number of rotatable bonds is 1. The largest absolute Gasteiger partial charge is 0.485 e. The number of hydrogen-bond donors (Lipinski definition) is 1. The molecular weight excluding hydrogens is 260 g/mol. The van der Waals surface area contributed by atoms with E-state index in [-0.39, 0.29) is 5.60 Å². The first kappa shape index (κ1) is 13.2. The smallest absolute Gasteiger partial charge is 0.125 e. The van der Waals surface area contributed by atoms with Crippen LogP contribution in [0.4, 0.5) is 0 Å². The highest BCUT2D eigenvalue weighted by Crippen LogP contribution is 2.45. The second kappa shape index (κ2) is 4.65. The highest BCUT2D eigenvalue weighted by Gasteiger charge is 2.44. The second-order valence-corrected chi connectivity index (χ2v) is 6.44. The number of nitrogens with one attached hydrogen (secondary N) is 1. The molecule has 3 rings (SSSR count). The summed E-state index contributed by atoms with van der Waals surface area (Å²) in [4.78, 5) is 2.27. The summed E-state index contributed by atoms with van der Waals surface area (Å²) >= 11 is 6.28. The van der Waals surface area contributed by atoms with Crippen molar-refractivity contribution in [3.05, 3.63) is 28.3 Å². The zero-order chi connectivity index (χ0) is 13.6. The SMILES string of the molecule is Cc1cc2c(cc1Cl)C(N(C)C)CC1(CCNC1)O2. The van der Waals surface area contributed by atoms with Crippen LogP contribution in [-0.2, 0) is 0 Å². The fourth-order valence-corrected chi connectivity index (χ4v) is 3.37. The minimum absolute atomic E-state index is 0.0395. The van der Waals surface area contributed by atoms with E-state index in [2.05, 4.69) is 36.4 Å². The maximum atomic E-state index is 6.35. The molecule has 3 nitrogen and oxygen atoms in total. The molecule has 0 aromatic heterocycles. The summed E-state index contributed by atoms with van der Waals surface area (Å²) in [5.41, 5.74) is 2.27. The lowest BCUT2D eigenvalue weighted by molar-refractivity contribution is 0.0289. The number of hydrogen-bond acceptors (Lipinski definition) is 3. The molecule has 4 heteroatoms. The zero-order valence-electron chi connectivity index (χ0n) is 11.8. The van der Waals surface area contributed by atoms with Crippen molar-refractivity contribution in [3.63, 3.8) is 0 Å². The number of aryl methyl sites for hydroxylation is 1. The molecule has 1 aromatic rings. The van der Waals surface area contributed by atoms with Crippen LogP contribution >= 0.6 is 11.6 Å². The quantitative estimate of drug-likeness (QED) is 0.856. The third-order valence-corrected chi connectivity index (χ3v) is 4.78. The molecular formula is C15H21ClN2O. The van der Waals surface area contributed by atoms with Gasteiger partial charge in [-0.3, -0.25) is 0 Å². The van der Waals surface area contributed by atoms with E-state index in [4.69, 9.17) is 16.3 Å². The standard InChI is InChI=1S/C15H21ClN2O/c1-10-6-14-11(7-12(10)16)13(18(2)3)8-15(19-14)4-5-17-9-15/h6-7,13,17H,4-5,8-9H2,1-3H3. The molecule has 0 aliphatic carbocycles. The van der Waals surface area contributed by atoms with E-state index in [0.717, 1.165) is 42.3 Å². The Kier molecular flexibility index (Phi) is 3.24. The lowest BCUT2D eigenvalue weighted by atomic mass is 9.85. The van der Waals surface area contributed by atoms with Gasteiger partial charge in [-0.1, -0.05) is 11.6 Å².